The van der Waals surface area contributed by atoms with E-state index in [1.165, 1.54) is 5.56 Å². The van der Waals surface area contributed by atoms with Crippen molar-refractivity contribution in [3.8, 4) is 0 Å². The SMILES string of the molecule is CCc1ccc(C(=O)CCC(=O)Nc2cccc(C(=O)NC)c2)cc1. The molecule has 0 aliphatic rings. The van der Waals surface area contributed by atoms with Crippen molar-refractivity contribution in [2.24, 2.45) is 0 Å². The molecular formula is C20H22N2O3. The highest BCUT2D eigenvalue weighted by molar-refractivity contribution is 6.00. The van der Waals surface area contributed by atoms with Crippen molar-refractivity contribution in [2.75, 3.05) is 12.4 Å². The zero-order chi connectivity index (χ0) is 18.2. The molecule has 0 saturated heterocycles. The quantitative estimate of drug-likeness (QED) is 0.761. The first kappa shape index (κ1) is 18.4. The zero-order valence-corrected chi connectivity index (χ0v) is 14.5. The summed E-state index contributed by atoms with van der Waals surface area (Å²) in [6.45, 7) is 2.06. The Bertz CT molecular complexity index is 767. The molecule has 130 valence electrons. The first-order chi connectivity index (χ1) is 12.0. The second-order valence-corrected chi connectivity index (χ2v) is 5.68. The maximum Gasteiger partial charge on any atom is 0.251 e. The van der Waals surface area contributed by atoms with Gasteiger partial charge in [-0.1, -0.05) is 37.3 Å². The van der Waals surface area contributed by atoms with Crippen molar-refractivity contribution >= 4 is 23.3 Å². The minimum absolute atomic E-state index is 0.0584. The molecule has 0 fully saturated rings. The number of aryl methyl sites for hydroxylation is 1. The van der Waals surface area contributed by atoms with E-state index in [9.17, 15) is 14.4 Å². The van der Waals surface area contributed by atoms with Crippen LogP contribution in [0.5, 0.6) is 0 Å². The van der Waals surface area contributed by atoms with Crippen molar-refractivity contribution < 1.29 is 14.4 Å². The molecule has 2 rings (SSSR count). The fourth-order valence-electron chi connectivity index (χ4n) is 2.40. The van der Waals surface area contributed by atoms with Gasteiger partial charge >= 0.3 is 0 Å². The molecule has 2 aromatic carbocycles. The highest BCUT2D eigenvalue weighted by atomic mass is 16.2. The average molecular weight is 338 g/mol. The van der Waals surface area contributed by atoms with E-state index in [1.807, 2.05) is 12.1 Å². The summed E-state index contributed by atoms with van der Waals surface area (Å²) < 4.78 is 0. The lowest BCUT2D eigenvalue weighted by molar-refractivity contribution is -0.116. The van der Waals surface area contributed by atoms with Crippen LogP contribution in [0.15, 0.2) is 48.5 Å². The van der Waals surface area contributed by atoms with Gasteiger partial charge in [-0.15, -0.1) is 0 Å². The lowest BCUT2D eigenvalue weighted by Gasteiger charge is -2.07. The Morgan fingerprint density at radius 1 is 0.920 bits per heavy atom. The first-order valence-corrected chi connectivity index (χ1v) is 8.27. The van der Waals surface area contributed by atoms with Crippen LogP contribution in [0.4, 0.5) is 5.69 Å². The first-order valence-electron chi connectivity index (χ1n) is 8.27. The van der Waals surface area contributed by atoms with Crippen LogP contribution in [-0.4, -0.2) is 24.6 Å². The highest BCUT2D eigenvalue weighted by Crippen LogP contribution is 2.13. The standard InChI is InChI=1S/C20H22N2O3/c1-3-14-7-9-15(10-8-14)18(23)11-12-19(24)22-17-6-4-5-16(13-17)20(25)21-2/h4-10,13H,3,11-12H2,1-2H3,(H,21,25)(H,22,24). The molecule has 0 aliphatic heterocycles. The molecule has 0 aliphatic carbocycles. The van der Waals surface area contributed by atoms with Crippen LogP contribution in [0, 0.1) is 0 Å². The average Bonchev–Trinajstić information content (AvgIpc) is 2.65. The third kappa shape index (κ3) is 5.28. The number of anilines is 1. The number of Topliss-reactive ketones (excluding diaryl/α,β-unsaturated/α-hetero) is 1. The zero-order valence-electron chi connectivity index (χ0n) is 14.5. The predicted octanol–water partition coefficient (Wildman–Crippen LogP) is 3.21. The van der Waals surface area contributed by atoms with E-state index < -0.39 is 0 Å². The van der Waals surface area contributed by atoms with Gasteiger partial charge < -0.3 is 10.6 Å². The molecule has 0 unspecified atom stereocenters. The summed E-state index contributed by atoms with van der Waals surface area (Å²) in [5.74, 6) is -0.536. The largest absolute Gasteiger partial charge is 0.355 e. The van der Waals surface area contributed by atoms with E-state index in [2.05, 4.69) is 17.6 Å². The van der Waals surface area contributed by atoms with Crippen molar-refractivity contribution in [2.45, 2.75) is 26.2 Å². The van der Waals surface area contributed by atoms with Crippen molar-refractivity contribution in [1.82, 2.24) is 5.32 Å². The summed E-state index contributed by atoms with van der Waals surface area (Å²) in [5, 5.41) is 5.25. The summed E-state index contributed by atoms with van der Waals surface area (Å²) in [6.07, 6.45) is 1.16. The van der Waals surface area contributed by atoms with Crippen LogP contribution >= 0.6 is 0 Å². The Hall–Kier alpha value is -2.95. The van der Waals surface area contributed by atoms with Gasteiger partial charge in [0.05, 0.1) is 0 Å². The molecule has 0 aromatic heterocycles. The van der Waals surface area contributed by atoms with E-state index in [1.54, 1.807) is 43.4 Å². The Morgan fingerprint density at radius 3 is 2.28 bits per heavy atom. The lowest BCUT2D eigenvalue weighted by atomic mass is 10.0. The number of nitrogens with one attached hydrogen (secondary N) is 2. The van der Waals surface area contributed by atoms with Crippen LogP contribution in [0.1, 0.15) is 46.0 Å². The molecule has 0 heterocycles. The molecular weight excluding hydrogens is 316 g/mol. The molecule has 5 nitrogen and oxygen atoms in total. The van der Waals surface area contributed by atoms with Gasteiger partial charge in [0.25, 0.3) is 5.91 Å². The van der Waals surface area contributed by atoms with E-state index in [0.717, 1.165) is 6.42 Å². The van der Waals surface area contributed by atoms with Gasteiger partial charge in [0.1, 0.15) is 0 Å². The number of carbonyl (C=O) groups is 3. The fourth-order valence-corrected chi connectivity index (χ4v) is 2.40. The Morgan fingerprint density at radius 2 is 1.64 bits per heavy atom. The molecule has 0 saturated carbocycles. The molecule has 2 N–H and O–H groups in total. The number of benzene rings is 2. The van der Waals surface area contributed by atoms with Crippen LogP contribution in [0.2, 0.25) is 0 Å². The fraction of sp³-hybridized carbons (Fsp3) is 0.250. The Labute approximate surface area is 147 Å². The molecule has 2 amide bonds. The summed E-state index contributed by atoms with van der Waals surface area (Å²) in [6, 6.07) is 14.1. The normalized spacial score (nSPS) is 10.2. The molecule has 0 radical (unpaired) electrons. The topological polar surface area (TPSA) is 75.3 Å². The summed E-state index contributed by atoms with van der Waals surface area (Å²) in [7, 11) is 1.55. The summed E-state index contributed by atoms with van der Waals surface area (Å²) in [4.78, 5) is 35.8. The second-order valence-electron chi connectivity index (χ2n) is 5.68. The van der Waals surface area contributed by atoms with E-state index in [-0.39, 0.29) is 30.4 Å². The Balaban J connectivity index is 1.89. The second kappa shape index (κ2) is 8.78. The summed E-state index contributed by atoms with van der Waals surface area (Å²) in [5.41, 5.74) is 2.79. The van der Waals surface area contributed by atoms with Gasteiger partial charge in [0.2, 0.25) is 5.91 Å². The van der Waals surface area contributed by atoms with Crippen molar-refractivity contribution in [3.05, 3.63) is 65.2 Å². The molecule has 25 heavy (non-hydrogen) atoms. The number of amides is 2. The van der Waals surface area contributed by atoms with Crippen molar-refractivity contribution in [1.29, 1.82) is 0 Å². The Kier molecular flexibility index (Phi) is 6.46. The van der Waals surface area contributed by atoms with E-state index >= 15 is 0 Å². The molecule has 5 heteroatoms. The number of ketones is 1. The van der Waals surface area contributed by atoms with Crippen LogP contribution < -0.4 is 10.6 Å². The number of hydrogen-bond donors (Lipinski definition) is 2. The van der Waals surface area contributed by atoms with Crippen LogP contribution in [-0.2, 0) is 11.2 Å². The predicted molar refractivity (Wildman–Crippen MR) is 97.8 cm³/mol. The lowest BCUT2D eigenvalue weighted by Crippen LogP contribution is -2.18. The maximum atomic E-state index is 12.2. The van der Waals surface area contributed by atoms with E-state index in [4.69, 9.17) is 0 Å². The summed E-state index contributed by atoms with van der Waals surface area (Å²) >= 11 is 0. The molecule has 0 atom stereocenters. The third-order valence-electron chi connectivity index (χ3n) is 3.90. The number of hydrogen-bond acceptors (Lipinski definition) is 3. The van der Waals surface area contributed by atoms with Crippen LogP contribution in [0.3, 0.4) is 0 Å². The minimum atomic E-state index is -0.257. The van der Waals surface area contributed by atoms with Gasteiger partial charge in [0.15, 0.2) is 5.78 Å². The molecule has 0 spiro atoms. The van der Waals surface area contributed by atoms with Crippen molar-refractivity contribution in [3.63, 3.8) is 0 Å². The maximum absolute atomic E-state index is 12.2. The monoisotopic (exact) mass is 338 g/mol. The third-order valence-corrected chi connectivity index (χ3v) is 3.90. The number of rotatable bonds is 7. The van der Waals surface area contributed by atoms with E-state index in [0.29, 0.717) is 16.8 Å². The number of carbonyl (C=O) groups excluding carboxylic acids is 3. The van der Waals surface area contributed by atoms with Crippen LogP contribution in [0.25, 0.3) is 0 Å². The molecule has 2 aromatic rings. The van der Waals surface area contributed by atoms with Gasteiger partial charge in [-0.05, 0) is 30.2 Å². The van der Waals surface area contributed by atoms with Gasteiger partial charge in [0, 0.05) is 36.7 Å². The highest BCUT2D eigenvalue weighted by Gasteiger charge is 2.10. The smallest absolute Gasteiger partial charge is 0.251 e. The molecule has 0 bridgehead atoms. The van der Waals surface area contributed by atoms with Gasteiger partial charge in [-0.3, -0.25) is 14.4 Å². The minimum Gasteiger partial charge on any atom is -0.355 e. The van der Waals surface area contributed by atoms with Gasteiger partial charge in [-0.25, -0.2) is 0 Å². The van der Waals surface area contributed by atoms with Gasteiger partial charge in [-0.2, -0.15) is 0 Å².